The Morgan fingerprint density at radius 2 is 0.949 bits per heavy atom. The van der Waals surface area contributed by atoms with Gasteiger partial charge in [-0.15, -0.1) is 11.3 Å². The molecule has 0 aliphatic rings. The quantitative estimate of drug-likeness (QED) is 0.228. The van der Waals surface area contributed by atoms with Crippen LogP contribution in [0.1, 0.15) is 0 Å². The Morgan fingerprint density at radius 1 is 0.410 bits per heavy atom. The van der Waals surface area contributed by atoms with Gasteiger partial charge in [-0.1, -0.05) is 121 Å². The maximum atomic E-state index is 5.06. The highest BCUT2D eigenvalue weighted by Gasteiger charge is 2.14. The molecule has 0 radical (unpaired) electrons. The van der Waals surface area contributed by atoms with Crippen LogP contribution in [0.2, 0.25) is 0 Å². The van der Waals surface area contributed by atoms with Crippen LogP contribution < -0.4 is 0 Å². The van der Waals surface area contributed by atoms with Crippen LogP contribution in [0.4, 0.5) is 0 Å². The maximum Gasteiger partial charge on any atom is 0.160 e. The van der Waals surface area contributed by atoms with Gasteiger partial charge >= 0.3 is 0 Å². The van der Waals surface area contributed by atoms with E-state index in [1.807, 2.05) is 42.5 Å². The Kier molecular flexibility index (Phi) is 6.00. The van der Waals surface area contributed by atoms with E-state index >= 15 is 0 Å². The first-order valence-electron chi connectivity index (χ1n) is 12.9. The lowest BCUT2D eigenvalue weighted by atomic mass is 10.0. The summed E-state index contributed by atoms with van der Waals surface area (Å²) >= 11 is 1.72. The second kappa shape index (κ2) is 10.1. The maximum absolute atomic E-state index is 5.06. The number of hydrogen-bond acceptors (Lipinski definition) is 4. The first-order valence-corrected chi connectivity index (χ1v) is 13.7. The van der Waals surface area contributed by atoms with E-state index < -0.39 is 0 Å². The molecule has 3 nitrogen and oxygen atoms in total. The fourth-order valence-electron chi connectivity index (χ4n) is 4.80. The fourth-order valence-corrected chi connectivity index (χ4v) is 5.80. The van der Waals surface area contributed by atoms with Gasteiger partial charge in [-0.3, -0.25) is 0 Å². The highest BCUT2D eigenvalue weighted by atomic mass is 32.1. The second-order valence-corrected chi connectivity index (χ2v) is 10.3. The van der Waals surface area contributed by atoms with Crippen LogP contribution in [0.15, 0.2) is 140 Å². The minimum atomic E-state index is 0.701. The Balaban J connectivity index is 1.36. The third-order valence-corrected chi connectivity index (χ3v) is 7.81. The topological polar surface area (TPSA) is 38.7 Å². The minimum Gasteiger partial charge on any atom is -0.235 e. The van der Waals surface area contributed by atoms with Gasteiger partial charge in [-0.25, -0.2) is 15.0 Å². The van der Waals surface area contributed by atoms with Crippen molar-refractivity contribution in [2.45, 2.75) is 0 Å². The number of hydrogen-bond donors (Lipinski definition) is 0. The Labute approximate surface area is 231 Å². The largest absolute Gasteiger partial charge is 0.235 e. The number of aromatic nitrogens is 3. The highest BCUT2D eigenvalue weighted by molar-refractivity contribution is 7.21. The molecule has 0 unspecified atom stereocenters. The smallest absolute Gasteiger partial charge is 0.160 e. The van der Waals surface area contributed by atoms with E-state index in [2.05, 4.69) is 97.1 Å². The SMILES string of the molecule is c1ccc(-c2cc(-c3ccccc3)nc(-c3cccc(-c4cccc5sc(-c6ccccc6)nc45)c3)n2)cc1. The van der Waals surface area contributed by atoms with Crippen LogP contribution in [-0.4, -0.2) is 15.0 Å². The molecular weight excluding hydrogens is 494 g/mol. The van der Waals surface area contributed by atoms with Gasteiger partial charge in [0.05, 0.1) is 21.6 Å². The minimum absolute atomic E-state index is 0.701. The molecule has 4 heteroatoms. The molecule has 0 saturated carbocycles. The molecule has 184 valence electrons. The summed E-state index contributed by atoms with van der Waals surface area (Å²) in [6.45, 7) is 0. The van der Waals surface area contributed by atoms with E-state index in [-0.39, 0.29) is 0 Å². The lowest BCUT2D eigenvalue weighted by molar-refractivity contribution is 1.18. The van der Waals surface area contributed by atoms with Crippen molar-refractivity contribution in [2.75, 3.05) is 0 Å². The lowest BCUT2D eigenvalue weighted by Crippen LogP contribution is -1.96. The second-order valence-electron chi connectivity index (χ2n) is 9.31. The van der Waals surface area contributed by atoms with Gasteiger partial charge in [0.25, 0.3) is 0 Å². The number of benzene rings is 5. The van der Waals surface area contributed by atoms with E-state index in [0.717, 1.165) is 55.3 Å². The summed E-state index contributed by atoms with van der Waals surface area (Å²) in [6.07, 6.45) is 0. The number of fused-ring (bicyclic) bond motifs is 1. The molecule has 39 heavy (non-hydrogen) atoms. The molecular formula is C35H23N3S. The monoisotopic (exact) mass is 517 g/mol. The average Bonchev–Trinajstić information content (AvgIpc) is 3.47. The molecule has 5 aromatic carbocycles. The first kappa shape index (κ1) is 23.2. The predicted molar refractivity (Wildman–Crippen MR) is 162 cm³/mol. The van der Waals surface area contributed by atoms with E-state index in [4.69, 9.17) is 15.0 Å². The van der Waals surface area contributed by atoms with Gasteiger partial charge < -0.3 is 0 Å². The van der Waals surface area contributed by atoms with Crippen molar-refractivity contribution in [3.05, 3.63) is 140 Å². The lowest BCUT2D eigenvalue weighted by Gasteiger charge is -2.10. The summed E-state index contributed by atoms with van der Waals surface area (Å²) in [5.74, 6) is 0.701. The van der Waals surface area contributed by atoms with E-state index in [9.17, 15) is 0 Å². The number of nitrogens with zero attached hydrogens (tertiary/aromatic N) is 3. The van der Waals surface area contributed by atoms with E-state index in [0.29, 0.717) is 5.82 Å². The fraction of sp³-hybridized carbons (Fsp3) is 0. The van der Waals surface area contributed by atoms with Crippen LogP contribution in [0, 0.1) is 0 Å². The van der Waals surface area contributed by atoms with Crippen LogP contribution in [0.5, 0.6) is 0 Å². The predicted octanol–water partition coefficient (Wildman–Crippen LogP) is 9.42. The Hall–Kier alpha value is -4.93. The Bertz CT molecular complexity index is 1840. The average molecular weight is 518 g/mol. The zero-order valence-electron chi connectivity index (χ0n) is 21.0. The first-order chi connectivity index (χ1) is 19.3. The van der Waals surface area contributed by atoms with Crippen molar-refractivity contribution >= 4 is 21.6 Å². The number of para-hydroxylation sites is 1. The van der Waals surface area contributed by atoms with Gasteiger partial charge in [0.15, 0.2) is 5.82 Å². The molecule has 0 fully saturated rings. The molecule has 7 aromatic rings. The molecule has 0 saturated heterocycles. The van der Waals surface area contributed by atoms with Gasteiger partial charge in [0.1, 0.15) is 5.01 Å². The summed E-state index contributed by atoms with van der Waals surface area (Å²) in [4.78, 5) is 15.1. The Morgan fingerprint density at radius 3 is 1.59 bits per heavy atom. The van der Waals surface area contributed by atoms with Gasteiger partial charge in [0, 0.05) is 27.8 Å². The van der Waals surface area contributed by atoms with Crippen LogP contribution >= 0.6 is 11.3 Å². The third kappa shape index (κ3) is 4.63. The summed E-state index contributed by atoms with van der Waals surface area (Å²) in [6, 6.07) is 47.9. The van der Waals surface area contributed by atoms with Crippen LogP contribution in [0.25, 0.3) is 65.8 Å². The van der Waals surface area contributed by atoms with Crippen molar-refractivity contribution in [2.24, 2.45) is 0 Å². The van der Waals surface area contributed by atoms with Crippen LogP contribution in [0.3, 0.4) is 0 Å². The van der Waals surface area contributed by atoms with E-state index in [1.165, 1.54) is 4.70 Å². The molecule has 0 aliphatic carbocycles. The van der Waals surface area contributed by atoms with Gasteiger partial charge in [0.2, 0.25) is 0 Å². The molecule has 2 heterocycles. The summed E-state index contributed by atoms with van der Waals surface area (Å²) in [5, 5.41) is 1.03. The van der Waals surface area contributed by atoms with Crippen molar-refractivity contribution in [3.8, 4) is 55.6 Å². The molecule has 7 rings (SSSR count). The molecule has 0 amide bonds. The zero-order chi connectivity index (χ0) is 26.0. The molecule has 2 aromatic heterocycles. The van der Waals surface area contributed by atoms with Crippen LogP contribution in [-0.2, 0) is 0 Å². The number of thiazole rings is 1. The van der Waals surface area contributed by atoms with Crippen molar-refractivity contribution in [1.82, 2.24) is 15.0 Å². The summed E-state index contributed by atoms with van der Waals surface area (Å²) in [7, 11) is 0. The molecule has 0 N–H and O–H groups in total. The van der Waals surface area contributed by atoms with Gasteiger partial charge in [-0.05, 0) is 23.8 Å². The third-order valence-electron chi connectivity index (χ3n) is 6.74. The van der Waals surface area contributed by atoms with Crippen molar-refractivity contribution in [3.63, 3.8) is 0 Å². The molecule has 0 bridgehead atoms. The normalized spacial score (nSPS) is 11.1. The summed E-state index contributed by atoms with van der Waals surface area (Å²) < 4.78 is 1.17. The van der Waals surface area contributed by atoms with Gasteiger partial charge in [-0.2, -0.15) is 0 Å². The summed E-state index contributed by atoms with van der Waals surface area (Å²) in [5.41, 5.74) is 9.26. The molecule has 0 atom stereocenters. The zero-order valence-corrected chi connectivity index (χ0v) is 21.8. The van der Waals surface area contributed by atoms with Crippen molar-refractivity contribution < 1.29 is 0 Å². The standard InChI is InChI=1S/C35H23N3S/c1-4-12-24(13-5-1)30-23-31(25-14-6-2-7-15-25)37-34(36-30)28-19-10-18-27(22-28)29-20-11-21-32-33(29)38-35(39-32)26-16-8-3-9-17-26/h1-23H. The highest BCUT2D eigenvalue weighted by Crippen LogP contribution is 2.37. The van der Waals surface area contributed by atoms with E-state index in [1.54, 1.807) is 11.3 Å². The van der Waals surface area contributed by atoms with Crippen molar-refractivity contribution in [1.29, 1.82) is 0 Å². The molecule has 0 spiro atoms. The molecule has 0 aliphatic heterocycles. The number of rotatable bonds is 5.